The van der Waals surface area contributed by atoms with Gasteiger partial charge in [-0.15, -0.1) is 5.10 Å². The molecule has 1 aromatic heterocycles. The Bertz CT molecular complexity index is 849. The first kappa shape index (κ1) is 15.9. The average Bonchev–Trinajstić information content (AvgIpc) is 3.05. The van der Waals surface area contributed by atoms with E-state index in [-0.39, 0.29) is 17.6 Å². The molecule has 8 heteroatoms. The van der Waals surface area contributed by atoms with Crippen LogP contribution in [0.1, 0.15) is 5.56 Å². The zero-order valence-corrected chi connectivity index (χ0v) is 13.2. The molecule has 0 aliphatic heterocycles. The Balaban J connectivity index is 1.66. The van der Waals surface area contributed by atoms with Crippen molar-refractivity contribution in [2.24, 2.45) is 0 Å². The summed E-state index contributed by atoms with van der Waals surface area (Å²) in [6, 6.07) is 14.0. The number of nitro benzene ring substituents is 1. The monoisotopic (exact) mass is 344 g/mol. The van der Waals surface area contributed by atoms with E-state index in [4.69, 9.17) is 16.0 Å². The minimum absolute atomic E-state index is 0.0751. The van der Waals surface area contributed by atoms with Gasteiger partial charge >= 0.3 is 6.01 Å². The van der Waals surface area contributed by atoms with Crippen molar-refractivity contribution >= 4 is 23.3 Å². The van der Waals surface area contributed by atoms with Gasteiger partial charge in [-0.1, -0.05) is 41.0 Å². The molecule has 1 heterocycles. The van der Waals surface area contributed by atoms with Crippen molar-refractivity contribution < 1.29 is 9.34 Å². The van der Waals surface area contributed by atoms with Crippen LogP contribution >= 0.6 is 11.6 Å². The molecule has 0 aliphatic carbocycles. The normalized spacial score (nSPS) is 10.5. The lowest BCUT2D eigenvalue weighted by Gasteiger charge is -2.02. The summed E-state index contributed by atoms with van der Waals surface area (Å²) in [6.07, 6.45) is 0.750. The fourth-order valence-corrected chi connectivity index (χ4v) is 2.31. The highest BCUT2D eigenvalue weighted by Gasteiger charge is 2.19. The van der Waals surface area contributed by atoms with E-state index >= 15 is 0 Å². The maximum atomic E-state index is 11.0. The van der Waals surface area contributed by atoms with Crippen molar-refractivity contribution in [3.63, 3.8) is 0 Å². The van der Waals surface area contributed by atoms with Gasteiger partial charge in [0.2, 0.25) is 0 Å². The maximum absolute atomic E-state index is 11.0. The number of benzene rings is 2. The molecule has 0 unspecified atom stereocenters. The molecule has 1 N–H and O–H groups in total. The van der Waals surface area contributed by atoms with E-state index in [2.05, 4.69) is 15.5 Å². The lowest BCUT2D eigenvalue weighted by atomic mass is 10.1. The lowest BCUT2D eigenvalue weighted by Crippen LogP contribution is -2.04. The molecule has 24 heavy (non-hydrogen) atoms. The van der Waals surface area contributed by atoms with Gasteiger partial charge in [0.05, 0.1) is 4.92 Å². The van der Waals surface area contributed by atoms with Crippen LogP contribution in [0.15, 0.2) is 52.9 Å². The van der Waals surface area contributed by atoms with Gasteiger partial charge in [-0.25, -0.2) is 0 Å². The number of para-hydroxylation sites is 1. The molecular weight excluding hydrogens is 332 g/mol. The Hall–Kier alpha value is -2.93. The summed E-state index contributed by atoms with van der Waals surface area (Å²) < 4.78 is 5.46. The molecule has 0 saturated heterocycles. The van der Waals surface area contributed by atoms with Crippen molar-refractivity contribution in [1.82, 2.24) is 10.2 Å². The van der Waals surface area contributed by atoms with Crippen molar-refractivity contribution in [2.75, 3.05) is 11.9 Å². The molecule has 3 rings (SSSR count). The number of aromatic nitrogens is 2. The molecule has 0 atom stereocenters. The molecule has 0 aliphatic rings. The van der Waals surface area contributed by atoms with Crippen LogP contribution in [-0.4, -0.2) is 21.7 Å². The molecular formula is C16H13ClN4O3. The average molecular weight is 345 g/mol. The second-order valence-corrected chi connectivity index (χ2v) is 5.43. The third-order valence-electron chi connectivity index (χ3n) is 3.36. The van der Waals surface area contributed by atoms with Gasteiger partial charge in [-0.2, -0.15) is 0 Å². The van der Waals surface area contributed by atoms with Gasteiger partial charge < -0.3 is 9.73 Å². The Labute approximate surface area is 142 Å². The van der Waals surface area contributed by atoms with Crippen molar-refractivity contribution in [3.8, 4) is 11.5 Å². The number of hydrogen-bond acceptors (Lipinski definition) is 6. The molecule has 7 nitrogen and oxygen atoms in total. The highest BCUT2D eigenvalue weighted by Crippen LogP contribution is 2.29. The first-order chi connectivity index (χ1) is 11.6. The van der Waals surface area contributed by atoms with Crippen molar-refractivity contribution in [2.45, 2.75) is 6.42 Å². The number of hydrogen-bond donors (Lipinski definition) is 1. The Kier molecular flexibility index (Phi) is 4.72. The number of rotatable bonds is 6. The van der Waals surface area contributed by atoms with Gasteiger partial charge in [0.1, 0.15) is 5.56 Å². The summed E-state index contributed by atoms with van der Waals surface area (Å²) in [5, 5.41) is 22.5. The van der Waals surface area contributed by atoms with E-state index in [1.54, 1.807) is 18.2 Å². The van der Waals surface area contributed by atoms with E-state index in [0.29, 0.717) is 17.1 Å². The molecule has 0 spiro atoms. The third-order valence-corrected chi connectivity index (χ3v) is 3.61. The fourth-order valence-electron chi connectivity index (χ4n) is 2.18. The minimum atomic E-state index is -0.479. The number of nitrogens with zero attached hydrogens (tertiary/aromatic N) is 3. The summed E-state index contributed by atoms with van der Waals surface area (Å²) in [4.78, 5) is 10.6. The summed E-state index contributed by atoms with van der Waals surface area (Å²) in [5.74, 6) is 0.108. The van der Waals surface area contributed by atoms with Gasteiger partial charge in [0.15, 0.2) is 0 Å². The predicted molar refractivity (Wildman–Crippen MR) is 90.0 cm³/mol. The van der Waals surface area contributed by atoms with Crippen LogP contribution in [0, 0.1) is 10.1 Å². The highest BCUT2D eigenvalue weighted by atomic mass is 35.5. The number of halogens is 1. The van der Waals surface area contributed by atoms with Crippen LogP contribution in [0.4, 0.5) is 11.7 Å². The number of nitro groups is 1. The third kappa shape index (κ3) is 3.69. The molecule has 0 radical (unpaired) electrons. The highest BCUT2D eigenvalue weighted by molar-refractivity contribution is 6.30. The molecule has 0 bridgehead atoms. The summed E-state index contributed by atoms with van der Waals surface area (Å²) >= 11 is 5.84. The topological polar surface area (TPSA) is 94.1 Å². The van der Waals surface area contributed by atoms with E-state index < -0.39 is 4.92 Å². The van der Waals surface area contributed by atoms with Crippen LogP contribution in [0.5, 0.6) is 0 Å². The molecule has 3 aromatic rings. The van der Waals surface area contributed by atoms with Crippen LogP contribution < -0.4 is 5.32 Å². The number of nitrogens with one attached hydrogen (secondary N) is 1. The second-order valence-electron chi connectivity index (χ2n) is 4.99. The lowest BCUT2D eigenvalue weighted by molar-refractivity contribution is -0.384. The van der Waals surface area contributed by atoms with Crippen LogP contribution in [0.2, 0.25) is 5.02 Å². The van der Waals surface area contributed by atoms with Crippen LogP contribution in [-0.2, 0) is 6.42 Å². The minimum Gasteiger partial charge on any atom is -0.403 e. The Morgan fingerprint density at radius 3 is 2.62 bits per heavy atom. The molecule has 0 fully saturated rings. The second kappa shape index (κ2) is 7.10. The van der Waals surface area contributed by atoms with Crippen molar-refractivity contribution in [1.29, 1.82) is 0 Å². The van der Waals surface area contributed by atoms with Gasteiger partial charge in [0, 0.05) is 17.6 Å². The van der Waals surface area contributed by atoms with E-state index in [1.165, 1.54) is 6.07 Å². The molecule has 0 amide bonds. The number of anilines is 1. The smallest absolute Gasteiger partial charge is 0.315 e. The van der Waals surface area contributed by atoms with E-state index in [9.17, 15) is 10.1 Å². The SMILES string of the molecule is O=[N+]([O-])c1ccccc1-c1nnc(NCCc2ccc(Cl)cc2)o1. The molecule has 122 valence electrons. The first-order valence-electron chi connectivity index (χ1n) is 7.19. The standard InChI is InChI=1S/C16H13ClN4O3/c17-12-7-5-11(6-8-12)9-10-18-16-20-19-15(24-16)13-3-1-2-4-14(13)21(22)23/h1-8H,9-10H2,(H,18,20). The largest absolute Gasteiger partial charge is 0.403 e. The van der Waals surface area contributed by atoms with E-state index in [1.807, 2.05) is 24.3 Å². The zero-order chi connectivity index (χ0) is 16.9. The first-order valence-corrected chi connectivity index (χ1v) is 7.57. The maximum Gasteiger partial charge on any atom is 0.315 e. The van der Waals surface area contributed by atoms with Crippen molar-refractivity contribution in [3.05, 3.63) is 69.2 Å². The summed E-state index contributed by atoms with van der Waals surface area (Å²) in [6.45, 7) is 0.583. The summed E-state index contributed by atoms with van der Waals surface area (Å²) in [5.41, 5.74) is 1.33. The molecule has 2 aromatic carbocycles. The van der Waals surface area contributed by atoms with Gasteiger partial charge in [-0.05, 0) is 30.2 Å². The predicted octanol–water partition coefficient (Wildman–Crippen LogP) is 3.95. The van der Waals surface area contributed by atoms with Crippen LogP contribution in [0.3, 0.4) is 0 Å². The van der Waals surface area contributed by atoms with E-state index in [0.717, 1.165) is 12.0 Å². The molecule has 0 saturated carbocycles. The summed E-state index contributed by atoms with van der Waals surface area (Å²) in [7, 11) is 0. The Morgan fingerprint density at radius 2 is 1.88 bits per heavy atom. The van der Waals surface area contributed by atoms with Crippen LogP contribution in [0.25, 0.3) is 11.5 Å². The Morgan fingerprint density at radius 1 is 1.12 bits per heavy atom. The zero-order valence-electron chi connectivity index (χ0n) is 12.5. The quantitative estimate of drug-likeness (QED) is 0.537. The van der Waals surface area contributed by atoms with Gasteiger partial charge in [0.25, 0.3) is 11.6 Å². The van der Waals surface area contributed by atoms with Gasteiger partial charge in [-0.3, -0.25) is 10.1 Å². The fraction of sp³-hybridized carbons (Fsp3) is 0.125.